The number of aromatic nitrogens is 4. The van der Waals surface area contributed by atoms with E-state index in [1.165, 1.54) is 10.9 Å². The molecule has 2 aliphatic heterocycles. The third kappa shape index (κ3) is 3.46. The van der Waals surface area contributed by atoms with Gasteiger partial charge in [0.05, 0.1) is 25.6 Å². The minimum Gasteiger partial charge on any atom is -0.426 e. The number of hydrogen-bond donors (Lipinski definition) is 2. The van der Waals surface area contributed by atoms with Crippen molar-refractivity contribution in [3.63, 3.8) is 0 Å². The van der Waals surface area contributed by atoms with Crippen molar-refractivity contribution >= 4 is 25.7 Å². The van der Waals surface area contributed by atoms with Crippen LogP contribution < -0.4 is 15.8 Å². The van der Waals surface area contributed by atoms with Crippen molar-refractivity contribution in [2.45, 2.75) is 31.5 Å². The minimum absolute atomic E-state index is 0.0702. The Balaban J connectivity index is 1.26. The van der Waals surface area contributed by atoms with E-state index in [0.29, 0.717) is 6.61 Å². The number of imidazole rings is 1. The van der Waals surface area contributed by atoms with E-state index in [-0.39, 0.29) is 30.1 Å². The number of nitrogens with one attached hydrogen (secondary N) is 1. The molecule has 3 N–H and O–H groups in total. The van der Waals surface area contributed by atoms with Crippen molar-refractivity contribution in [3.05, 3.63) is 46.5 Å². The molecule has 4 atom stereocenters. The first-order valence-electron chi connectivity index (χ1n) is 8.92. The van der Waals surface area contributed by atoms with E-state index in [1.807, 2.05) is 24.3 Å². The topological polar surface area (TPSA) is 127 Å². The molecule has 152 valence electrons. The van der Waals surface area contributed by atoms with E-state index >= 15 is 0 Å². The lowest BCUT2D eigenvalue weighted by molar-refractivity contribution is -0.0335. The first-order chi connectivity index (χ1) is 14.1. The van der Waals surface area contributed by atoms with E-state index in [2.05, 4.69) is 15.0 Å². The molecule has 4 heterocycles. The number of rotatable bonds is 4. The fourth-order valence-electron chi connectivity index (χ4n) is 3.33. The molecule has 0 bridgehead atoms. The van der Waals surface area contributed by atoms with Gasteiger partial charge in [0, 0.05) is 12.0 Å². The number of para-hydroxylation sites is 1. The number of aromatic amines is 1. The second kappa shape index (κ2) is 7.34. The molecular weight excluding hydrogens is 404 g/mol. The zero-order chi connectivity index (χ0) is 20.0. The Bertz CT molecular complexity index is 1110. The van der Waals surface area contributed by atoms with Crippen molar-refractivity contribution in [1.82, 2.24) is 19.5 Å². The molecule has 2 aliphatic rings. The van der Waals surface area contributed by atoms with Crippen LogP contribution in [0.1, 0.15) is 18.2 Å². The number of alkyl halides is 1. The number of hydrogen-bond acceptors (Lipinski definition) is 8. The Hall–Kier alpha value is -2.59. The third-order valence-corrected chi connectivity index (χ3v) is 5.74. The van der Waals surface area contributed by atoms with Gasteiger partial charge in [0.25, 0.3) is 5.56 Å². The standard InChI is InChI=1S/C17H17FN5O5P/c18-11-5-10(7-26-29-25-6-9-3-1-2-4-12(9)28-29)27-16(11)23-8-20-13-14(23)21-17(19)22-15(13)24/h1-4,8,10-11,16H,5-7H2,(H3,19,21,22,24). The van der Waals surface area contributed by atoms with Gasteiger partial charge in [0.2, 0.25) is 5.95 Å². The SMILES string of the molecule is Nc1nc2c(ncn2C2OC(COP3OCc4ccccc4O3)CC2F)c(=O)[nH]1. The molecule has 0 amide bonds. The number of H-pyrrole nitrogens is 1. The van der Waals surface area contributed by atoms with Crippen LogP contribution in [0.15, 0.2) is 35.4 Å². The molecule has 2 aromatic heterocycles. The highest BCUT2D eigenvalue weighted by Gasteiger charge is 2.39. The number of nitrogen functional groups attached to an aromatic ring is 1. The second-order valence-electron chi connectivity index (χ2n) is 6.67. The van der Waals surface area contributed by atoms with E-state index in [9.17, 15) is 9.18 Å². The summed E-state index contributed by atoms with van der Waals surface area (Å²) in [6, 6.07) is 7.55. The average molecular weight is 421 g/mol. The van der Waals surface area contributed by atoms with Crippen LogP contribution in [0.5, 0.6) is 5.75 Å². The van der Waals surface area contributed by atoms with Crippen LogP contribution in [0.4, 0.5) is 10.3 Å². The summed E-state index contributed by atoms with van der Waals surface area (Å²) < 4.78 is 38.8. The van der Waals surface area contributed by atoms with Crippen LogP contribution >= 0.6 is 8.60 Å². The highest BCUT2D eigenvalue weighted by atomic mass is 31.2. The first-order valence-corrected chi connectivity index (χ1v) is 10.0. The molecular formula is C17H17FN5O5P. The van der Waals surface area contributed by atoms with Gasteiger partial charge >= 0.3 is 8.60 Å². The summed E-state index contributed by atoms with van der Waals surface area (Å²) in [6.45, 7) is 0.498. The predicted molar refractivity (Wildman–Crippen MR) is 101 cm³/mol. The predicted octanol–water partition coefficient (Wildman–Crippen LogP) is 2.18. The van der Waals surface area contributed by atoms with Gasteiger partial charge < -0.3 is 15.0 Å². The average Bonchev–Trinajstić information content (AvgIpc) is 3.29. The molecule has 0 saturated carbocycles. The lowest BCUT2D eigenvalue weighted by Gasteiger charge is -2.24. The Labute approximate surface area is 164 Å². The fourth-order valence-corrected chi connectivity index (χ4v) is 4.38. The zero-order valence-electron chi connectivity index (χ0n) is 15.0. The van der Waals surface area contributed by atoms with Gasteiger partial charge in [-0.15, -0.1) is 0 Å². The molecule has 5 rings (SSSR count). The summed E-state index contributed by atoms with van der Waals surface area (Å²) in [7, 11) is -1.58. The van der Waals surface area contributed by atoms with Crippen molar-refractivity contribution in [3.8, 4) is 5.75 Å². The van der Waals surface area contributed by atoms with Gasteiger partial charge in [0.1, 0.15) is 11.9 Å². The molecule has 10 nitrogen and oxygen atoms in total. The molecule has 1 aromatic carbocycles. The number of anilines is 1. The lowest BCUT2D eigenvalue weighted by atomic mass is 10.2. The van der Waals surface area contributed by atoms with Gasteiger partial charge in [-0.3, -0.25) is 23.4 Å². The molecule has 12 heteroatoms. The number of fused-ring (bicyclic) bond motifs is 2. The Morgan fingerprint density at radius 2 is 2.28 bits per heavy atom. The van der Waals surface area contributed by atoms with E-state index < -0.39 is 32.7 Å². The van der Waals surface area contributed by atoms with Gasteiger partial charge in [0.15, 0.2) is 17.4 Å². The summed E-state index contributed by atoms with van der Waals surface area (Å²) in [4.78, 5) is 22.3. The van der Waals surface area contributed by atoms with Crippen LogP contribution in [0.3, 0.4) is 0 Å². The Morgan fingerprint density at radius 1 is 1.41 bits per heavy atom. The quantitative estimate of drug-likeness (QED) is 0.614. The van der Waals surface area contributed by atoms with Crippen molar-refractivity contribution in [1.29, 1.82) is 0 Å². The Morgan fingerprint density at radius 3 is 3.17 bits per heavy atom. The van der Waals surface area contributed by atoms with Gasteiger partial charge in [-0.05, 0) is 6.07 Å². The molecule has 1 saturated heterocycles. The smallest absolute Gasteiger partial charge is 0.397 e. The summed E-state index contributed by atoms with van der Waals surface area (Å²) >= 11 is 0. The van der Waals surface area contributed by atoms with Crippen molar-refractivity contribution in [2.75, 3.05) is 12.3 Å². The second-order valence-corrected chi connectivity index (χ2v) is 7.81. The van der Waals surface area contributed by atoms with E-state index in [4.69, 9.17) is 24.0 Å². The summed E-state index contributed by atoms with van der Waals surface area (Å²) in [5.41, 5.74) is 6.28. The molecule has 1 fully saturated rings. The van der Waals surface area contributed by atoms with Crippen LogP contribution in [-0.4, -0.2) is 38.4 Å². The van der Waals surface area contributed by atoms with Gasteiger partial charge in [-0.2, -0.15) is 4.98 Å². The largest absolute Gasteiger partial charge is 0.426 e. The van der Waals surface area contributed by atoms with Crippen LogP contribution in [0.2, 0.25) is 0 Å². The normalized spacial score (nSPS) is 26.4. The molecule has 0 aliphatic carbocycles. The minimum atomic E-state index is -1.58. The summed E-state index contributed by atoms with van der Waals surface area (Å²) in [6.07, 6.45) is -1.39. The van der Waals surface area contributed by atoms with Gasteiger partial charge in [-0.25, -0.2) is 9.37 Å². The molecule has 0 radical (unpaired) electrons. The van der Waals surface area contributed by atoms with E-state index in [1.54, 1.807) is 0 Å². The van der Waals surface area contributed by atoms with Crippen LogP contribution in [-0.2, 0) is 20.4 Å². The monoisotopic (exact) mass is 421 g/mol. The number of nitrogens with two attached hydrogens (primary N) is 1. The van der Waals surface area contributed by atoms with Crippen LogP contribution in [0.25, 0.3) is 11.2 Å². The molecule has 4 unspecified atom stereocenters. The number of ether oxygens (including phenoxy) is 1. The maximum Gasteiger partial charge on any atom is 0.397 e. The highest BCUT2D eigenvalue weighted by molar-refractivity contribution is 7.42. The molecule has 0 spiro atoms. The number of nitrogens with zero attached hydrogens (tertiary/aromatic N) is 3. The first kappa shape index (κ1) is 18.4. The maximum atomic E-state index is 14.7. The van der Waals surface area contributed by atoms with E-state index in [0.717, 1.165) is 11.3 Å². The fraction of sp³-hybridized carbons (Fsp3) is 0.353. The van der Waals surface area contributed by atoms with Crippen molar-refractivity contribution < 1.29 is 22.7 Å². The zero-order valence-corrected chi connectivity index (χ0v) is 15.9. The summed E-state index contributed by atoms with van der Waals surface area (Å²) in [5.74, 6) is 0.643. The van der Waals surface area contributed by atoms with Gasteiger partial charge in [-0.1, -0.05) is 18.2 Å². The maximum absolute atomic E-state index is 14.7. The third-order valence-electron chi connectivity index (χ3n) is 4.69. The van der Waals surface area contributed by atoms with Crippen molar-refractivity contribution in [2.24, 2.45) is 0 Å². The lowest BCUT2D eigenvalue weighted by Crippen LogP contribution is -2.19. The number of halogens is 1. The Kier molecular flexibility index (Phi) is 4.67. The molecule has 29 heavy (non-hydrogen) atoms. The summed E-state index contributed by atoms with van der Waals surface area (Å²) in [5, 5.41) is 0. The molecule has 3 aromatic rings. The highest BCUT2D eigenvalue weighted by Crippen LogP contribution is 2.47. The number of benzene rings is 1. The van der Waals surface area contributed by atoms with Crippen LogP contribution in [0, 0.1) is 0 Å².